The Balaban J connectivity index is 1.96. The molecule has 156 valence electrons. The third-order valence-electron chi connectivity index (χ3n) is 5.19. The van der Waals surface area contributed by atoms with Gasteiger partial charge in [-0.1, -0.05) is 13.0 Å². The van der Waals surface area contributed by atoms with E-state index < -0.39 is 42.8 Å². The number of fused-ring (bicyclic) bond motifs is 1. The Morgan fingerprint density at radius 2 is 2.00 bits per heavy atom. The standard InChI is InChI=1S/C21H22F4N2O2/c1-20(12-22,16-4-3-14(23)8-18(16)29-2)11-21(28,19(24)25)9-15-7-13-5-6-26-10-17(13)27-15/h3-8,10,19,27-28H,9,11-12H2,1-2H3. The van der Waals surface area contributed by atoms with Gasteiger partial charge < -0.3 is 14.8 Å². The Morgan fingerprint density at radius 3 is 2.62 bits per heavy atom. The van der Waals surface area contributed by atoms with E-state index in [2.05, 4.69) is 9.97 Å². The van der Waals surface area contributed by atoms with Crippen LogP contribution in [0.1, 0.15) is 24.6 Å². The number of aromatic amines is 1. The van der Waals surface area contributed by atoms with Crippen LogP contribution in [0.25, 0.3) is 10.9 Å². The molecule has 0 aliphatic carbocycles. The highest BCUT2D eigenvalue weighted by Crippen LogP contribution is 2.41. The number of alkyl halides is 3. The Labute approximate surface area is 165 Å². The van der Waals surface area contributed by atoms with Crippen LogP contribution in [0, 0.1) is 5.82 Å². The van der Waals surface area contributed by atoms with E-state index in [1.165, 1.54) is 20.1 Å². The molecule has 29 heavy (non-hydrogen) atoms. The van der Waals surface area contributed by atoms with Crippen molar-refractivity contribution in [1.82, 2.24) is 9.97 Å². The molecule has 2 heterocycles. The van der Waals surface area contributed by atoms with E-state index >= 15 is 0 Å². The molecule has 0 radical (unpaired) electrons. The van der Waals surface area contributed by atoms with Crippen molar-refractivity contribution in [3.63, 3.8) is 0 Å². The number of nitrogens with one attached hydrogen (secondary N) is 1. The van der Waals surface area contributed by atoms with Crippen molar-refractivity contribution in [2.75, 3.05) is 13.8 Å². The van der Waals surface area contributed by atoms with Crippen molar-refractivity contribution in [3.8, 4) is 5.75 Å². The summed E-state index contributed by atoms with van der Waals surface area (Å²) < 4.78 is 60.7. The summed E-state index contributed by atoms with van der Waals surface area (Å²) in [6, 6.07) is 6.84. The number of hydrogen-bond donors (Lipinski definition) is 2. The molecule has 1 aromatic carbocycles. The minimum Gasteiger partial charge on any atom is -0.496 e. The minimum absolute atomic E-state index is 0.0402. The highest BCUT2D eigenvalue weighted by atomic mass is 19.3. The van der Waals surface area contributed by atoms with Gasteiger partial charge in [-0.25, -0.2) is 13.2 Å². The predicted octanol–water partition coefficient (Wildman–Crippen LogP) is 4.57. The van der Waals surface area contributed by atoms with Gasteiger partial charge in [-0.15, -0.1) is 0 Å². The fourth-order valence-electron chi connectivity index (χ4n) is 3.73. The highest BCUT2D eigenvalue weighted by molar-refractivity contribution is 5.79. The fraction of sp³-hybridized carbons (Fsp3) is 0.381. The number of H-pyrrole nitrogens is 1. The first kappa shape index (κ1) is 21.1. The van der Waals surface area contributed by atoms with Gasteiger partial charge in [0.1, 0.15) is 17.2 Å². The zero-order chi connectivity index (χ0) is 21.2. The molecule has 0 fully saturated rings. The first-order valence-electron chi connectivity index (χ1n) is 9.03. The van der Waals surface area contributed by atoms with Crippen LogP contribution in [0.15, 0.2) is 42.7 Å². The van der Waals surface area contributed by atoms with E-state index in [9.17, 15) is 22.7 Å². The van der Waals surface area contributed by atoms with Gasteiger partial charge in [-0.05, 0) is 24.6 Å². The number of rotatable bonds is 8. The largest absolute Gasteiger partial charge is 0.496 e. The maximum atomic E-state index is 14.1. The van der Waals surface area contributed by atoms with Crippen LogP contribution in [0.2, 0.25) is 0 Å². The fourth-order valence-corrected chi connectivity index (χ4v) is 3.73. The molecule has 0 aliphatic heterocycles. The Kier molecular flexibility index (Phi) is 5.84. The van der Waals surface area contributed by atoms with Gasteiger partial charge >= 0.3 is 0 Å². The third-order valence-corrected chi connectivity index (χ3v) is 5.19. The second-order valence-electron chi connectivity index (χ2n) is 7.55. The number of halogens is 4. The van der Waals surface area contributed by atoms with Gasteiger partial charge in [0.2, 0.25) is 0 Å². The summed E-state index contributed by atoms with van der Waals surface area (Å²) >= 11 is 0. The lowest BCUT2D eigenvalue weighted by Gasteiger charge is -2.37. The van der Waals surface area contributed by atoms with Crippen molar-refractivity contribution in [3.05, 3.63) is 59.8 Å². The monoisotopic (exact) mass is 410 g/mol. The maximum absolute atomic E-state index is 14.1. The molecule has 2 unspecified atom stereocenters. The lowest BCUT2D eigenvalue weighted by atomic mass is 9.73. The Hall–Kier alpha value is -2.61. The molecule has 0 aliphatic rings. The van der Waals surface area contributed by atoms with Gasteiger partial charge in [0.15, 0.2) is 0 Å². The molecule has 0 saturated carbocycles. The minimum atomic E-state index is -3.13. The number of aromatic nitrogens is 2. The summed E-state index contributed by atoms with van der Waals surface area (Å²) in [5.74, 6) is -0.555. The van der Waals surface area contributed by atoms with E-state index in [1.807, 2.05) is 0 Å². The summed E-state index contributed by atoms with van der Waals surface area (Å²) in [6.07, 6.45) is -1.03. The van der Waals surface area contributed by atoms with Crippen molar-refractivity contribution < 1.29 is 27.4 Å². The molecule has 0 bridgehead atoms. The van der Waals surface area contributed by atoms with Crippen LogP contribution in [0.4, 0.5) is 17.6 Å². The second kappa shape index (κ2) is 8.02. The summed E-state index contributed by atoms with van der Waals surface area (Å²) in [4.78, 5) is 6.92. The summed E-state index contributed by atoms with van der Waals surface area (Å²) in [5, 5.41) is 11.6. The summed E-state index contributed by atoms with van der Waals surface area (Å²) in [7, 11) is 1.29. The second-order valence-corrected chi connectivity index (χ2v) is 7.55. The summed E-state index contributed by atoms with van der Waals surface area (Å²) in [6.45, 7) is 0.367. The first-order chi connectivity index (χ1) is 13.7. The van der Waals surface area contributed by atoms with E-state index in [0.29, 0.717) is 11.2 Å². The molecule has 2 atom stereocenters. The predicted molar refractivity (Wildman–Crippen MR) is 102 cm³/mol. The molecular weight excluding hydrogens is 388 g/mol. The number of aliphatic hydroxyl groups is 1. The Morgan fingerprint density at radius 1 is 1.24 bits per heavy atom. The van der Waals surface area contributed by atoms with Crippen LogP contribution in [-0.2, 0) is 11.8 Å². The average molecular weight is 410 g/mol. The number of nitrogens with zero attached hydrogens (tertiary/aromatic N) is 1. The molecule has 3 rings (SSSR count). The van der Waals surface area contributed by atoms with Crippen LogP contribution < -0.4 is 4.74 Å². The first-order valence-corrected chi connectivity index (χ1v) is 9.03. The zero-order valence-electron chi connectivity index (χ0n) is 16.1. The molecule has 2 N–H and O–H groups in total. The molecule has 2 aromatic heterocycles. The third kappa shape index (κ3) is 4.22. The SMILES string of the molecule is COc1cc(F)ccc1C(C)(CF)CC(O)(Cc1cc2ccncc2[nH]1)C(F)F. The molecule has 3 aromatic rings. The van der Waals surface area contributed by atoms with Crippen LogP contribution in [0.3, 0.4) is 0 Å². The van der Waals surface area contributed by atoms with E-state index in [-0.39, 0.29) is 11.3 Å². The van der Waals surface area contributed by atoms with Gasteiger partial charge in [0.05, 0.1) is 25.5 Å². The Bertz CT molecular complexity index is 961. The number of pyridine rings is 1. The number of methoxy groups -OCH3 is 1. The number of ether oxygens (including phenoxy) is 1. The van der Waals surface area contributed by atoms with Crippen LogP contribution in [-0.4, -0.2) is 40.9 Å². The molecule has 0 amide bonds. The number of hydrogen-bond acceptors (Lipinski definition) is 3. The zero-order valence-corrected chi connectivity index (χ0v) is 16.1. The molecule has 0 spiro atoms. The quantitative estimate of drug-likeness (QED) is 0.535. The van der Waals surface area contributed by atoms with Gasteiger partial charge in [-0.3, -0.25) is 9.37 Å². The van der Waals surface area contributed by atoms with Crippen molar-refractivity contribution in [1.29, 1.82) is 0 Å². The van der Waals surface area contributed by atoms with Crippen molar-refractivity contribution in [2.24, 2.45) is 0 Å². The van der Waals surface area contributed by atoms with E-state index in [0.717, 1.165) is 17.5 Å². The van der Waals surface area contributed by atoms with Crippen molar-refractivity contribution in [2.45, 2.75) is 37.2 Å². The maximum Gasteiger partial charge on any atom is 0.267 e. The van der Waals surface area contributed by atoms with E-state index in [4.69, 9.17) is 4.74 Å². The lowest BCUT2D eigenvalue weighted by molar-refractivity contribution is -0.113. The molecule has 0 saturated heterocycles. The summed E-state index contributed by atoms with van der Waals surface area (Å²) in [5.41, 5.74) is -2.80. The lowest BCUT2D eigenvalue weighted by Crippen LogP contribution is -2.46. The van der Waals surface area contributed by atoms with Crippen LogP contribution in [0.5, 0.6) is 5.75 Å². The number of benzene rings is 1. The highest BCUT2D eigenvalue weighted by Gasteiger charge is 2.46. The normalized spacial score (nSPS) is 16.0. The molecule has 8 heteroatoms. The van der Waals surface area contributed by atoms with E-state index in [1.54, 1.807) is 24.5 Å². The average Bonchev–Trinajstić information content (AvgIpc) is 3.09. The van der Waals surface area contributed by atoms with Gasteiger partial charge in [0.25, 0.3) is 6.43 Å². The van der Waals surface area contributed by atoms with Gasteiger partial charge in [-0.2, -0.15) is 0 Å². The van der Waals surface area contributed by atoms with Crippen LogP contribution >= 0.6 is 0 Å². The topological polar surface area (TPSA) is 58.1 Å². The molecule has 4 nitrogen and oxygen atoms in total. The van der Waals surface area contributed by atoms with Gasteiger partial charge in [0, 0.05) is 40.7 Å². The molecular formula is C21H22F4N2O2. The smallest absolute Gasteiger partial charge is 0.267 e. The van der Waals surface area contributed by atoms with Crippen molar-refractivity contribution >= 4 is 10.9 Å².